The summed E-state index contributed by atoms with van der Waals surface area (Å²) in [5, 5.41) is 6.16. The molecular weight excluding hydrogens is 243 g/mol. The number of carbonyl (C=O) groups is 1. The second-order valence-electron chi connectivity index (χ2n) is 5.11. The lowest BCUT2D eigenvalue weighted by atomic mass is 10.0. The van der Waals surface area contributed by atoms with Crippen molar-refractivity contribution in [3.05, 3.63) is 35.6 Å². The van der Waals surface area contributed by atoms with Crippen molar-refractivity contribution in [2.24, 2.45) is 5.92 Å². The van der Waals surface area contributed by atoms with E-state index in [4.69, 9.17) is 0 Å². The van der Waals surface area contributed by atoms with Crippen molar-refractivity contribution < 1.29 is 9.18 Å². The predicted octanol–water partition coefficient (Wildman–Crippen LogP) is 1.87. The molecule has 1 aliphatic heterocycles. The van der Waals surface area contributed by atoms with Crippen LogP contribution in [-0.2, 0) is 11.2 Å². The van der Waals surface area contributed by atoms with E-state index in [1.807, 2.05) is 6.07 Å². The van der Waals surface area contributed by atoms with E-state index in [1.165, 1.54) is 6.07 Å². The molecule has 1 atom stereocenters. The maximum Gasteiger partial charge on any atom is 0.220 e. The summed E-state index contributed by atoms with van der Waals surface area (Å²) >= 11 is 0. The van der Waals surface area contributed by atoms with E-state index in [9.17, 15) is 9.18 Å². The van der Waals surface area contributed by atoms with E-state index >= 15 is 0 Å². The first kappa shape index (κ1) is 14.0. The van der Waals surface area contributed by atoms with E-state index in [-0.39, 0.29) is 11.7 Å². The number of benzene rings is 1. The van der Waals surface area contributed by atoms with Crippen molar-refractivity contribution in [2.45, 2.75) is 25.7 Å². The molecule has 0 unspecified atom stereocenters. The Morgan fingerprint density at radius 1 is 1.42 bits per heavy atom. The molecule has 0 radical (unpaired) electrons. The van der Waals surface area contributed by atoms with Crippen molar-refractivity contribution in [1.29, 1.82) is 0 Å². The first-order chi connectivity index (χ1) is 9.25. The fourth-order valence-corrected chi connectivity index (χ4v) is 2.43. The van der Waals surface area contributed by atoms with Gasteiger partial charge in [0.1, 0.15) is 5.82 Å². The van der Waals surface area contributed by atoms with Crippen molar-refractivity contribution in [3.63, 3.8) is 0 Å². The lowest BCUT2D eigenvalue weighted by molar-refractivity contribution is -0.121. The summed E-state index contributed by atoms with van der Waals surface area (Å²) in [6, 6.07) is 6.79. The SMILES string of the molecule is O=C(C[C@@H]1CCNC1)NCCCc1ccccc1F. The molecule has 1 fully saturated rings. The van der Waals surface area contributed by atoms with Crippen LogP contribution in [0.3, 0.4) is 0 Å². The second kappa shape index (κ2) is 7.24. The number of carbonyl (C=O) groups excluding carboxylic acids is 1. The Morgan fingerprint density at radius 2 is 2.26 bits per heavy atom. The molecule has 1 amide bonds. The molecule has 1 aromatic rings. The van der Waals surface area contributed by atoms with Gasteiger partial charge in [0.15, 0.2) is 0 Å². The lowest BCUT2D eigenvalue weighted by Gasteiger charge is -2.09. The van der Waals surface area contributed by atoms with Gasteiger partial charge in [-0.3, -0.25) is 4.79 Å². The van der Waals surface area contributed by atoms with Crippen molar-refractivity contribution >= 4 is 5.91 Å². The molecule has 1 aliphatic rings. The molecule has 19 heavy (non-hydrogen) atoms. The number of halogens is 1. The molecule has 0 spiro atoms. The largest absolute Gasteiger partial charge is 0.356 e. The van der Waals surface area contributed by atoms with Gasteiger partial charge in [0, 0.05) is 13.0 Å². The number of hydrogen-bond donors (Lipinski definition) is 2. The highest BCUT2D eigenvalue weighted by molar-refractivity contribution is 5.76. The lowest BCUT2D eigenvalue weighted by Crippen LogP contribution is -2.27. The summed E-state index contributed by atoms with van der Waals surface area (Å²) in [7, 11) is 0. The van der Waals surface area contributed by atoms with Crippen LogP contribution < -0.4 is 10.6 Å². The van der Waals surface area contributed by atoms with Gasteiger partial charge in [-0.2, -0.15) is 0 Å². The molecule has 0 saturated carbocycles. The van der Waals surface area contributed by atoms with Crippen LogP contribution in [0.1, 0.15) is 24.8 Å². The third kappa shape index (κ3) is 4.63. The minimum absolute atomic E-state index is 0.113. The normalized spacial score (nSPS) is 18.5. The Morgan fingerprint density at radius 3 is 3.00 bits per heavy atom. The van der Waals surface area contributed by atoms with Gasteiger partial charge < -0.3 is 10.6 Å². The predicted molar refractivity (Wildman–Crippen MR) is 73.3 cm³/mol. The Bertz CT molecular complexity index is 416. The third-order valence-electron chi connectivity index (χ3n) is 3.54. The monoisotopic (exact) mass is 264 g/mol. The number of amides is 1. The standard InChI is InChI=1S/C15H21FN2O/c16-14-6-2-1-4-13(14)5-3-8-18-15(19)10-12-7-9-17-11-12/h1-2,4,6,12,17H,3,5,7-11H2,(H,18,19)/t12-/m0/s1. The summed E-state index contributed by atoms with van der Waals surface area (Å²) in [5.74, 6) is 0.430. The summed E-state index contributed by atoms with van der Waals surface area (Å²) in [5.41, 5.74) is 0.719. The van der Waals surface area contributed by atoms with Gasteiger partial charge in [0.25, 0.3) is 0 Å². The zero-order chi connectivity index (χ0) is 13.5. The van der Waals surface area contributed by atoms with Crippen molar-refractivity contribution in [1.82, 2.24) is 10.6 Å². The number of hydrogen-bond acceptors (Lipinski definition) is 2. The molecule has 3 nitrogen and oxygen atoms in total. The molecule has 1 saturated heterocycles. The van der Waals surface area contributed by atoms with Gasteiger partial charge in [-0.15, -0.1) is 0 Å². The zero-order valence-electron chi connectivity index (χ0n) is 11.1. The van der Waals surface area contributed by atoms with Crippen LogP contribution in [-0.4, -0.2) is 25.5 Å². The Labute approximate surface area is 113 Å². The van der Waals surface area contributed by atoms with Crippen LogP contribution in [0.2, 0.25) is 0 Å². The van der Waals surface area contributed by atoms with Gasteiger partial charge in [-0.25, -0.2) is 4.39 Å². The summed E-state index contributed by atoms with van der Waals surface area (Å²) in [6.07, 6.45) is 3.13. The fraction of sp³-hybridized carbons (Fsp3) is 0.533. The summed E-state index contributed by atoms with van der Waals surface area (Å²) in [4.78, 5) is 11.7. The summed E-state index contributed by atoms with van der Waals surface area (Å²) < 4.78 is 13.4. The molecule has 1 aromatic carbocycles. The van der Waals surface area contributed by atoms with Crippen LogP contribution in [0.4, 0.5) is 4.39 Å². The highest BCUT2D eigenvalue weighted by Gasteiger charge is 2.17. The molecule has 1 heterocycles. The van der Waals surface area contributed by atoms with Gasteiger partial charge in [0.05, 0.1) is 0 Å². The van der Waals surface area contributed by atoms with Crippen molar-refractivity contribution in [3.8, 4) is 0 Å². The van der Waals surface area contributed by atoms with Crippen LogP contribution in [0, 0.1) is 11.7 Å². The van der Waals surface area contributed by atoms with Gasteiger partial charge in [0.2, 0.25) is 5.91 Å². The third-order valence-corrected chi connectivity index (χ3v) is 3.54. The van der Waals surface area contributed by atoms with Crippen LogP contribution in [0.5, 0.6) is 0 Å². The molecular formula is C15H21FN2O. The maximum absolute atomic E-state index is 13.4. The summed E-state index contributed by atoms with van der Waals surface area (Å²) in [6.45, 7) is 2.58. The Hall–Kier alpha value is -1.42. The molecule has 2 rings (SSSR count). The molecule has 4 heteroatoms. The molecule has 104 valence electrons. The minimum atomic E-state index is -0.161. The number of rotatable bonds is 6. The molecule has 0 aliphatic carbocycles. The Kier molecular flexibility index (Phi) is 5.33. The second-order valence-corrected chi connectivity index (χ2v) is 5.11. The molecule has 0 aromatic heterocycles. The average Bonchev–Trinajstić information content (AvgIpc) is 2.89. The van der Waals surface area contributed by atoms with Crippen LogP contribution >= 0.6 is 0 Å². The quantitative estimate of drug-likeness (QED) is 0.770. The number of nitrogens with one attached hydrogen (secondary N) is 2. The topological polar surface area (TPSA) is 41.1 Å². The van der Waals surface area contributed by atoms with Gasteiger partial charge >= 0.3 is 0 Å². The van der Waals surface area contributed by atoms with E-state index in [2.05, 4.69) is 10.6 Å². The maximum atomic E-state index is 13.4. The number of aryl methyl sites for hydroxylation is 1. The van der Waals surface area contributed by atoms with E-state index in [0.717, 1.165) is 31.5 Å². The highest BCUT2D eigenvalue weighted by Crippen LogP contribution is 2.12. The smallest absolute Gasteiger partial charge is 0.220 e. The first-order valence-corrected chi connectivity index (χ1v) is 6.96. The van der Waals surface area contributed by atoms with E-state index in [0.29, 0.717) is 25.3 Å². The van der Waals surface area contributed by atoms with E-state index < -0.39 is 0 Å². The molecule has 0 bridgehead atoms. The highest BCUT2D eigenvalue weighted by atomic mass is 19.1. The van der Waals surface area contributed by atoms with Crippen molar-refractivity contribution in [2.75, 3.05) is 19.6 Å². The van der Waals surface area contributed by atoms with Gasteiger partial charge in [-0.1, -0.05) is 18.2 Å². The minimum Gasteiger partial charge on any atom is -0.356 e. The van der Waals surface area contributed by atoms with Gasteiger partial charge in [-0.05, 0) is 49.9 Å². The molecule has 2 N–H and O–H groups in total. The Balaban J connectivity index is 1.61. The average molecular weight is 264 g/mol. The van der Waals surface area contributed by atoms with Crippen LogP contribution in [0.25, 0.3) is 0 Å². The fourth-order valence-electron chi connectivity index (χ4n) is 2.43. The van der Waals surface area contributed by atoms with E-state index in [1.54, 1.807) is 12.1 Å². The first-order valence-electron chi connectivity index (χ1n) is 6.96. The van der Waals surface area contributed by atoms with Crippen LogP contribution in [0.15, 0.2) is 24.3 Å². The zero-order valence-corrected chi connectivity index (χ0v) is 11.1.